The summed E-state index contributed by atoms with van der Waals surface area (Å²) in [6.45, 7) is 6.10. The van der Waals surface area contributed by atoms with E-state index in [0.717, 1.165) is 11.5 Å². The van der Waals surface area contributed by atoms with Crippen molar-refractivity contribution in [3.8, 4) is 11.5 Å². The molecule has 1 aliphatic rings. The molecule has 2 atom stereocenters. The topological polar surface area (TPSA) is 79.3 Å². The van der Waals surface area contributed by atoms with Crippen molar-refractivity contribution in [1.82, 2.24) is 9.21 Å². The van der Waals surface area contributed by atoms with Crippen LogP contribution in [0.1, 0.15) is 13.8 Å². The Morgan fingerprint density at radius 1 is 1.19 bits per heavy atom. The van der Waals surface area contributed by atoms with Crippen molar-refractivity contribution in [2.24, 2.45) is 5.92 Å². The quantitative estimate of drug-likeness (QED) is 0.683. The van der Waals surface area contributed by atoms with Crippen LogP contribution in [0.2, 0.25) is 0 Å². The first-order valence-electron chi connectivity index (χ1n) is 8.87. The molecule has 1 aromatic carbocycles. The maximum absolute atomic E-state index is 12.0. The van der Waals surface area contributed by atoms with Crippen molar-refractivity contribution in [2.75, 3.05) is 46.1 Å². The molecule has 0 saturated carbocycles. The molecule has 0 radical (unpaired) electrons. The van der Waals surface area contributed by atoms with Crippen LogP contribution in [-0.4, -0.2) is 81.0 Å². The highest BCUT2D eigenvalue weighted by atomic mass is 32.2. The summed E-state index contributed by atoms with van der Waals surface area (Å²) in [4.78, 5) is 2.04. The largest absolute Gasteiger partial charge is 0.492 e. The minimum absolute atomic E-state index is 0.0319. The van der Waals surface area contributed by atoms with Gasteiger partial charge in [0.2, 0.25) is 10.0 Å². The molecule has 1 N–H and O–H groups in total. The van der Waals surface area contributed by atoms with E-state index in [1.165, 1.54) is 18.4 Å². The highest BCUT2D eigenvalue weighted by molar-refractivity contribution is 7.89. The molecule has 7 nitrogen and oxygen atoms in total. The Kier molecular flexibility index (Phi) is 7.28. The second-order valence-electron chi connectivity index (χ2n) is 7.13. The molecule has 0 aliphatic carbocycles. The third-order valence-corrected chi connectivity index (χ3v) is 6.30. The van der Waals surface area contributed by atoms with Crippen LogP contribution in [-0.2, 0) is 10.0 Å². The van der Waals surface area contributed by atoms with Crippen molar-refractivity contribution in [2.45, 2.75) is 26.1 Å². The fourth-order valence-electron chi connectivity index (χ4n) is 2.89. The summed E-state index contributed by atoms with van der Waals surface area (Å²) in [5.41, 5.74) is 0. The second-order valence-corrected chi connectivity index (χ2v) is 9.36. The molecule has 0 bridgehead atoms. The molecule has 0 spiro atoms. The maximum Gasteiger partial charge on any atom is 0.214 e. The Bertz CT molecular complexity index is 661. The number of aliphatic hydroxyl groups excluding tert-OH is 1. The average Bonchev–Trinajstić information content (AvgIpc) is 2.87. The van der Waals surface area contributed by atoms with Gasteiger partial charge in [-0.1, -0.05) is 0 Å². The molecule has 26 heavy (non-hydrogen) atoms. The first-order chi connectivity index (χ1) is 12.2. The SMILES string of the molecule is CC(C)Oc1ccc(OCCN2C[C@@H](CS(=O)(=O)N(C)C)[C@@H](O)C2)cc1. The molecule has 148 valence electrons. The van der Waals surface area contributed by atoms with Crippen molar-refractivity contribution in [3.05, 3.63) is 24.3 Å². The van der Waals surface area contributed by atoms with Crippen LogP contribution in [0.5, 0.6) is 11.5 Å². The fraction of sp³-hybridized carbons (Fsp3) is 0.667. The lowest BCUT2D eigenvalue weighted by atomic mass is 10.1. The van der Waals surface area contributed by atoms with E-state index < -0.39 is 16.1 Å². The number of benzene rings is 1. The van der Waals surface area contributed by atoms with E-state index in [4.69, 9.17) is 9.47 Å². The van der Waals surface area contributed by atoms with Gasteiger partial charge in [0.25, 0.3) is 0 Å². The summed E-state index contributed by atoms with van der Waals surface area (Å²) in [5.74, 6) is 1.26. The zero-order valence-electron chi connectivity index (χ0n) is 16.0. The van der Waals surface area contributed by atoms with Gasteiger partial charge in [-0.05, 0) is 38.1 Å². The Labute approximate surface area is 156 Å². The van der Waals surface area contributed by atoms with Crippen molar-refractivity contribution in [1.29, 1.82) is 0 Å². The van der Waals surface area contributed by atoms with Crippen LogP contribution < -0.4 is 9.47 Å². The van der Waals surface area contributed by atoms with Gasteiger partial charge < -0.3 is 14.6 Å². The summed E-state index contributed by atoms with van der Waals surface area (Å²) in [6.07, 6.45) is -0.496. The zero-order chi connectivity index (χ0) is 19.3. The number of likely N-dealkylation sites (tertiary alicyclic amines) is 1. The number of rotatable bonds is 9. The van der Waals surface area contributed by atoms with Crippen LogP contribution in [0.15, 0.2) is 24.3 Å². The maximum atomic E-state index is 12.0. The Hall–Kier alpha value is -1.35. The molecule has 1 saturated heterocycles. The van der Waals surface area contributed by atoms with Gasteiger partial charge in [0, 0.05) is 39.6 Å². The summed E-state index contributed by atoms with van der Waals surface area (Å²) in [5, 5.41) is 10.1. The van der Waals surface area contributed by atoms with Crippen LogP contribution in [0, 0.1) is 5.92 Å². The lowest BCUT2D eigenvalue weighted by Gasteiger charge is -2.18. The van der Waals surface area contributed by atoms with Gasteiger partial charge in [0.1, 0.15) is 18.1 Å². The number of aliphatic hydroxyl groups is 1. The Morgan fingerprint density at radius 2 is 1.81 bits per heavy atom. The van der Waals surface area contributed by atoms with E-state index in [1.807, 2.05) is 43.0 Å². The van der Waals surface area contributed by atoms with Gasteiger partial charge in [0.05, 0.1) is 18.0 Å². The number of β-amino-alcohol motifs (C(OH)–C–C–N with tert-alkyl or cyclic N) is 1. The lowest BCUT2D eigenvalue weighted by Crippen LogP contribution is -2.33. The van der Waals surface area contributed by atoms with Gasteiger partial charge in [0.15, 0.2) is 0 Å². The number of hydrogen-bond donors (Lipinski definition) is 1. The molecule has 0 unspecified atom stereocenters. The molecule has 0 amide bonds. The van der Waals surface area contributed by atoms with Crippen molar-refractivity contribution >= 4 is 10.0 Å². The Balaban J connectivity index is 1.76. The normalized spacial score (nSPS) is 21.5. The monoisotopic (exact) mass is 386 g/mol. The van der Waals surface area contributed by atoms with Crippen LogP contribution >= 0.6 is 0 Å². The van der Waals surface area contributed by atoms with E-state index in [0.29, 0.717) is 26.2 Å². The minimum atomic E-state index is -3.31. The van der Waals surface area contributed by atoms with Gasteiger partial charge >= 0.3 is 0 Å². The third-order valence-electron chi connectivity index (χ3n) is 4.33. The fourth-order valence-corrected chi connectivity index (χ4v) is 4.05. The summed E-state index contributed by atoms with van der Waals surface area (Å²) in [7, 11) is -0.283. The number of ether oxygens (including phenoxy) is 2. The Morgan fingerprint density at radius 3 is 2.38 bits per heavy atom. The molecular weight excluding hydrogens is 356 g/mol. The summed E-state index contributed by atoms with van der Waals surface area (Å²) >= 11 is 0. The third kappa shape index (κ3) is 6.12. The molecular formula is C18H30N2O5S. The molecule has 2 rings (SSSR count). The van der Waals surface area contributed by atoms with Crippen LogP contribution in [0.3, 0.4) is 0 Å². The highest BCUT2D eigenvalue weighted by Gasteiger charge is 2.35. The first-order valence-corrected chi connectivity index (χ1v) is 10.5. The molecule has 8 heteroatoms. The molecule has 0 aromatic heterocycles. The van der Waals surface area contributed by atoms with E-state index >= 15 is 0 Å². The molecule has 1 heterocycles. The number of nitrogens with zero attached hydrogens (tertiary/aromatic N) is 2. The van der Waals surface area contributed by atoms with E-state index in [9.17, 15) is 13.5 Å². The molecule has 1 aliphatic heterocycles. The second kappa shape index (κ2) is 9.03. The van der Waals surface area contributed by atoms with Gasteiger partial charge in [-0.15, -0.1) is 0 Å². The number of hydrogen-bond acceptors (Lipinski definition) is 6. The van der Waals surface area contributed by atoms with E-state index in [-0.39, 0.29) is 17.8 Å². The average molecular weight is 387 g/mol. The molecule has 1 aromatic rings. The summed E-state index contributed by atoms with van der Waals surface area (Å²) in [6, 6.07) is 7.47. The zero-order valence-corrected chi connectivity index (χ0v) is 16.8. The van der Waals surface area contributed by atoms with E-state index in [2.05, 4.69) is 0 Å². The predicted molar refractivity (Wildman–Crippen MR) is 101 cm³/mol. The standard InChI is InChI=1S/C18H30N2O5S/c1-14(2)25-17-7-5-16(6-8-17)24-10-9-20-11-15(18(21)12-20)13-26(22,23)19(3)4/h5-8,14-15,18,21H,9-13H2,1-4H3/t15-,18-/m0/s1. The minimum Gasteiger partial charge on any atom is -0.492 e. The summed E-state index contributed by atoms with van der Waals surface area (Å²) < 4.78 is 36.5. The van der Waals surface area contributed by atoms with Crippen molar-refractivity contribution in [3.63, 3.8) is 0 Å². The smallest absolute Gasteiger partial charge is 0.214 e. The van der Waals surface area contributed by atoms with Crippen LogP contribution in [0.4, 0.5) is 0 Å². The number of sulfonamides is 1. The van der Waals surface area contributed by atoms with Gasteiger partial charge in [-0.2, -0.15) is 0 Å². The molecule has 1 fully saturated rings. The predicted octanol–water partition coefficient (Wildman–Crippen LogP) is 1.04. The first kappa shape index (κ1) is 21.0. The van der Waals surface area contributed by atoms with E-state index in [1.54, 1.807) is 0 Å². The van der Waals surface area contributed by atoms with Crippen molar-refractivity contribution < 1.29 is 23.0 Å². The highest BCUT2D eigenvalue weighted by Crippen LogP contribution is 2.21. The van der Waals surface area contributed by atoms with Crippen LogP contribution in [0.25, 0.3) is 0 Å². The van der Waals surface area contributed by atoms with Gasteiger partial charge in [-0.3, -0.25) is 4.90 Å². The van der Waals surface area contributed by atoms with Gasteiger partial charge in [-0.25, -0.2) is 12.7 Å². The lowest BCUT2D eigenvalue weighted by molar-refractivity contribution is 0.145.